The summed E-state index contributed by atoms with van der Waals surface area (Å²) in [6.07, 6.45) is 0.840. The fourth-order valence-electron chi connectivity index (χ4n) is 5.38. The van der Waals surface area contributed by atoms with Gasteiger partial charge in [-0.3, -0.25) is 15.0 Å². The second-order valence-electron chi connectivity index (χ2n) is 12.9. The number of aromatic nitrogens is 2. The molecule has 43 heavy (non-hydrogen) atoms. The zero-order valence-electron chi connectivity index (χ0n) is 26.3. The van der Waals surface area contributed by atoms with Gasteiger partial charge in [-0.25, -0.2) is 0 Å². The van der Waals surface area contributed by atoms with Gasteiger partial charge in [-0.2, -0.15) is 0 Å². The molecule has 0 spiro atoms. The number of nitrogens with one attached hydrogen (secondary N) is 1. The molecule has 4 aromatic rings. The fourth-order valence-corrected chi connectivity index (χ4v) is 5.38. The van der Waals surface area contributed by atoms with Crippen LogP contribution in [0.4, 0.5) is 0 Å². The van der Waals surface area contributed by atoms with Gasteiger partial charge in [-0.05, 0) is 59.6 Å². The summed E-state index contributed by atoms with van der Waals surface area (Å²) in [6, 6.07) is 19.3. The number of carbonyl (C=O) groups excluding carboxylic acids is 2. The molecule has 2 N–H and O–H groups in total. The largest absolute Gasteiger partial charge is 0.507 e. The van der Waals surface area contributed by atoms with Crippen LogP contribution in [-0.2, 0) is 39.9 Å². The molecule has 0 amide bonds. The Hall–Kier alpha value is -3.65. The number of aromatic hydroxyl groups is 1. The van der Waals surface area contributed by atoms with E-state index in [1.54, 1.807) is 23.6 Å². The minimum Gasteiger partial charge on any atom is -0.507 e. The first-order valence-corrected chi connectivity index (χ1v) is 14.6. The van der Waals surface area contributed by atoms with Crippen molar-refractivity contribution in [1.29, 1.82) is 5.41 Å². The predicted octanol–water partition coefficient (Wildman–Crippen LogP) is 7.23. The third kappa shape index (κ3) is 7.47. The number of phenolic OH excluding ortho intramolecular Hbond substituents is 1. The molecule has 0 unspecified atom stereocenters. The van der Waals surface area contributed by atoms with Crippen LogP contribution < -0.4 is 5.62 Å². The smallest absolute Gasteiger partial charge is 0.306 e. The first-order valence-electron chi connectivity index (χ1n) is 14.6. The van der Waals surface area contributed by atoms with Gasteiger partial charge in [0, 0.05) is 23.1 Å². The molecule has 4 rings (SSSR count). The van der Waals surface area contributed by atoms with Gasteiger partial charge < -0.3 is 19.0 Å². The Morgan fingerprint density at radius 3 is 1.88 bits per heavy atom. The summed E-state index contributed by atoms with van der Waals surface area (Å²) >= 11 is 0. The Kier molecular flexibility index (Phi) is 10.5. The third-order valence-corrected chi connectivity index (χ3v) is 7.67. The molecule has 0 atom stereocenters. The van der Waals surface area contributed by atoms with Crippen molar-refractivity contribution in [3.8, 4) is 5.75 Å². The number of hydrogen-bond acceptors (Lipinski definition) is 5. The van der Waals surface area contributed by atoms with Gasteiger partial charge in [0.25, 0.3) is 0 Å². The van der Waals surface area contributed by atoms with Gasteiger partial charge >= 0.3 is 5.97 Å². The van der Waals surface area contributed by atoms with Gasteiger partial charge in [0.15, 0.2) is 5.78 Å². The monoisotopic (exact) mass is 649 g/mol. The predicted molar refractivity (Wildman–Crippen MR) is 176 cm³/mol. The van der Waals surface area contributed by atoms with Crippen molar-refractivity contribution in [3.05, 3.63) is 94.1 Å². The van der Waals surface area contributed by atoms with E-state index in [9.17, 15) is 14.7 Å². The number of esters is 1. The second-order valence-corrected chi connectivity index (χ2v) is 12.9. The van der Waals surface area contributed by atoms with Crippen molar-refractivity contribution < 1.29 is 19.4 Å². The molecule has 0 aliphatic heterocycles. The molecule has 3 aromatic carbocycles. The number of imidazole rings is 1. The molecule has 7 nitrogen and oxygen atoms in total. The van der Waals surface area contributed by atoms with Crippen molar-refractivity contribution in [2.45, 2.75) is 85.2 Å². The first-order chi connectivity index (χ1) is 19.7. The number of ketones is 1. The minimum atomic E-state index is -0.356. The molecule has 0 aliphatic carbocycles. The zero-order chi connectivity index (χ0) is 30.8. The average Bonchev–Trinajstić information content (AvgIpc) is 3.17. The summed E-state index contributed by atoms with van der Waals surface area (Å²) in [7, 11) is 0. The van der Waals surface area contributed by atoms with Crippen molar-refractivity contribution in [1.82, 2.24) is 9.13 Å². The summed E-state index contributed by atoms with van der Waals surface area (Å²) in [5.41, 5.74) is 5.18. The number of carbonyl (C=O) groups is 2. The lowest BCUT2D eigenvalue weighted by atomic mass is 9.78. The maximum absolute atomic E-state index is 13.9. The third-order valence-electron chi connectivity index (χ3n) is 7.67. The van der Waals surface area contributed by atoms with Gasteiger partial charge in [0.1, 0.15) is 5.75 Å². The van der Waals surface area contributed by atoms with E-state index in [4.69, 9.17) is 10.1 Å². The summed E-state index contributed by atoms with van der Waals surface area (Å²) in [4.78, 5) is 25.9. The minimum absolute atomic E-state index is 0. The summed E-state index contributed by atoms with van der Waals surface area (Å²) in [6.45, 7) is 14.7. The van der Waals surface area contributed by atoms with Gasteiger partial charge in [0.05, 0.1) is 30.7 Å². The summed E-state index contributed by atoms with van der Waals surface area (Å²) < 4.78 is 8.77. The van der Waals surface area contributed by atoms with E-state index in [-0.39, 0.29) is 57.5 Å². The topological polar surface area (TPSA) is 97.3 Å². The van der Waals surface area contributed by atoms with E-state index >= 15 is 0 Å². The molecular weight excluding hydrogens is 606 g/mol. The molecular formula is C35H44BrN3O4. The van der Waals surface area contributed by atoms with Crippen molar-refractivity contribution in [2.24, 2.45) is 0 Å². The fraction of sp³-hybridized carbons (Fsp3) is 0.400. The highest BCUT2D eigenvalue weighted by molar-refractivity contribution is 8.93. The SMILES string of the molecule is Br.CCOC(=O)CCc1ccccc1Cn1c(=N)n(CC(=O)c2cc(C(C)(C)C)c(O)c(C(C)(C)C)c2)c2ccccc21. The van der Waals surface area contributed by atoms with E-state index in [0.29, 0.717) is 31.6 Å². The van der Waals surface area contributed by atoms with Crippen LogP contribution in [-0.4, -0.2) is 32.6 Å². The van der Waals surface area contributed by atoms with E-state index in [2.05, 4.69) is 0 Å². The standard InChI is InChI=1S/C35H43N3O4.BrH/c1-8-42-31(40)18-17-23-13-9-10-14-24(23)21-37-28-15-11-12-16-29(28)38(33(37)36)22-30(39)25-19-26(34(2,3)4)32(41)27(20-25)35(5,6)7;/h9-16,19-20,36,41H,8,17-18,21-22H2,1-7H3;1H. The Balaban J connectivity index is 0.00000506. The number of fused-ring (bicyclic) bond motifs is 1. The van der Waals surface area contributed by atoms with Gasteiger partial charge in [0.2, 0.25) is 5.62 Å². The van der Waals surface area contributed by atoms with E-state index in [1.807, 2.05) is 94.6 Å². The molecule has 8 heteroatoms. The average molecular weight is 651 g/mol. The molecule has 0 saturated carbocycles. The van der Waals surface area contributed by atoms with Crippen LogP contribution in [0.3, 0.4) is 0 Å². The van der Waals surface area contributed by atoms with Crippen molar-refractivity contribution in [3.63, 3.8) is 0 Å². The number of benzene rings is 3. The Morgan fingerprint density at radius 2 is 1.35 bits per heavy atom. The highest BCUT2D eigenvalue weighted by Crippen LogP contribution is 2.40. The van der Waals surface area contributed by atoms with Crippen LogP contribution in [0.1, 0.15) is 87.5 Å². The molecule has 0 fully saturated rings. The molecule has 0 bridgehead atoms. The highest BCUT2D eigenvalue weighted by Gasteiger charge is 2.28. The van der Waals surface area contributed by atoms with Crippen molar-refractivity contribution in [2.75, 3.05) is 6.61 Å². The van der Waals surface area contributed by atoms with Crippen LogP contribution in [0.5, 0.6) is 5.75 Å². The maximum Gasteiger partial charge on any atom is 0.306 e. The Morgan fingerprint density at radius 1 is 0.837 bits per heavy atom. The number of nitrogens with zero attached hydrogens (tertiary/aromatic N) is 2. The number of halogens is 1. The van der Waals surface area contributed by atoms with E-state index in [0.717, 1.165) is 33.3 Å². The number of rotatable bonds is 9. The Bertz CT molecular complexity index is 1650. The van der Waals surface area contributed by atoms with E-state index < -0.39 is 0 Å². The summed E-state index contributed by atoms with van der Waals surface area (Å²) in [5.74, 6) is -0.115. The lowest BCUT2D eigenvalue weighted by Gasteiger charge is -2.28. The van der Waals surface area contributed by atoms with Crippen LogP contribution in [0.2, 0.25) is 0 Å². The Labute approximate surface area is 264 Å². The quantitative estimate of drug-likeness (QED) is 0.148. The number of phenols is 1. The number of Topliss-reactive ketones (excluding diaryl/α,β-unsaturated/α-hetero) is 1. The van der Waals surface area contributed by atoms with E-state index in [1.165, 1.54) is 0 Å². The number of hydrogen-bond donors (Lipinski definition) is 2. The second kappa shape index (κ2) is 13.3. The van der Waals surface area contributed by atoms with Crippen LogP contribution >= 0.6 is 17.0 Å². The normalized spacial score (nSPS) is 11.8. The van der Waals surface area contributed by atoms with Gasteiger partial charge in [-0.1, -0.05) is 77.9 Å². The number of ether oxygens (including phenoxy) is 1. The lowest BCUT2D eigenvalue weighted by Crippen LogP contribution is -2.28. The number of para-hydroxylation sites is 2. The molecule has 0 aliphatic rings. The summed E-state index contributed by atoms with van der Waals surface area (Å²) in [5, 5.41) is 20.3. The maximum atomic E-state index is 13.9. The molecule has 0 radical (unpaired) electrons. The first kappa shape index (κ1) is 33.8. The molecule has 0 saturated heterocycles. The highest BCUT2D eigenvalue weighted by atomic mass is 79.9. The molecule has 1 aromatic heterocycles. The van der Waals surface area contributed by atoms with Crippen LogP contribution in [0, 0.1) is 5.41 Å². The van der Waals surface area contributed by atoms with Crippen LogP contribution in [0.25, 0.3) is 11.0 Å². The van der Waals surface area contributed by atoms with Crippen molar-refractivity contribution >= 4 is 39.8 Å². The van der Waals surface area contributed by atoms with Gasteiger partial charge in [-0.15, -0.1) is 17.0 Å². The number of aryl methyl sites for hydroxylation is 1. The zero-order valence-corrected chi connectivity index (χ0v) is 28.0. The lowest BCUT2D eigenvalue weighted by molar-refractivity contribution is -0.143. The molecule has 230 valence electrons. The molecule has 1 heterocycles. The van der Waals surface area contributed by atoms with Crippen LogP contribution in [0.15, 0.2) is 60.7 Å².